The van der Waals surface area contributed by atoms with Crippen molar-refractivity contribution in [1.82, 2.24) is 5.32 Å². The Balaban J connectivity index is 2.68. The average molecular weight is 334 g/mol. The first kappa shape index (κ1) is 13.2. The minimum Gasteiger partial charge on any atom is -0.497 e. The van der Waals surface area contributed by atoms with Gasteiger partial charge in [0, 0.05) is 10.1 Å². The van der Waals surface area contributed by atoms with E-state index in [0.717, 1.165) is 15.7 Å². The summed E-state index contributed by atoms with van der Waals surface area (Å²) >= 11 is 2.12. The van der Waals surface area contributed by atoms with Crippen LogP contribution in [0.3, 0.4) is 0 Å². The maximum absolute atomic E-state index is 11.7. The lowest BCUT2D eigenvalue weighted by atomic mass is 10.2. The highest BCUT2D eigenvalue weighted by atomic mass is 127. The molecule has 0 saturated carbocycles. The molecule has 0 spiro atoms. The molecule has 0 fully saturated rings. The van der Waals surface area contributed by atoms with E-state index in [2.05, 4.69) is 27.9 Å². The van der Waals surface area contributed by atoms with E-state index in [1.54, 1.807) is 19.2 Å². The molecule has 0 aliphatic heterocycles. The van der Waals surface area contributed by atoms with Crippen LogP contribution in [0.2, 0.25) is 0 Å². The van der Waals surface area contributed by atoms with E-state index in [1.165, 1.54) is 0 Å². The first-order valence-electron chi connectivity index (χ1n) is 5.01. The Bertz CT molecular complexity index is 369. The van der Waals surface area contributed by atoms with Gasteiger partial charge in [-0.25, -0.2) is 0 Å². The fourth-order valence-electron chi connectivity index (χ4n) is 1.21. The molecule has 1 amide bonds. The van der Waals surface area contributed by atoms with Gasteiger partial charge in [-0.15, -0.1) is 0 Å². The van der Waals surface area contributed by atoms with Crippen molar-refractivity contribution < 1.29 is 9.53 Å². The molecule has 0 unspecified atom stereocenters. The molecule has 0 saturated heterocycles. The van der Waals surface area contributed by atoms with Gasteiger partial charge >= 0.3 is 0 Å². The molecule has 0 heterocycles. The predicted octanol–water partition coefficient (Wildman–Crippen LogP) is 1.38. The van der Waals surface area contributed by atoms with Gasteiger partial charge in [0.1, 0.15) is 5.75 Å². The van der Waals surface area contributed by atoms with Gasteiger partial charge < -0.3 is 15.8 Å². The Morgan fingerprint density at radius 3 is 2.88 bits per heavy atom. The quantitative estimate of drug-likeness (QED) is 0.632. The summed E-state index contributed by atoms with van der Waals surface area (Å²) in [6.45, 7) is 1.19. The summed E-state index contributed by atoms with van der Waals surface area (Å²) < 4.78 is 5.95. The van der Waals surface area contributed by atoms with E-state index in [-0.39, 0.29) is 5.91 Å². The number of amides is 1. The van der Waals surface area contributed by atoms with Crippen LogP contribution in [0, 0.1) is 3.57 Å². The monoisotopic (exact) mass is 334 g/mol. The second-order valence-corrected chi connectivity index (χ2v) is 4.41. The van der Waals surface area contributed by atoms with E-state index < -0.39 is 0 Å². The summed E-state index contributed by atoms with van der Waals surface area (Å²) in [4.78, 5) is 11.7. The summed E-state index contributed by atoms with van der Waals surface area (Å²) in [5.41, 5.74) is 6.02. The van der Waals surface area contributed by atoms with Gasteiger partial charge in [-0.3, -0.25) is 4.79 Å². The van der Waals surface area contributed by atoms with Gasteiger partial charge in [0.05, 0.1) is 12.7 Å². The van der Waals surface area contributed by atoms with Crippen molar-refractivity contribution in [3.05, 3.63) is 27.3 Å². The first-order valence-corrected chi connectivity index (χ1v) is 6.08. The number of nitrogens with two attached hydrogens (primary N) is 1. The second kappa shape index (κ2) is 6.70. The zero-order valence-corrected chi connectivity index (χ0v) is 11.3. The molecule has 5 heteroatoms. The minimum absolute atomic E-state index is 0.0690. The molecule has 16 heavy (non-hydrogen) atoms. The van der Waals surface area contributed by atoms with Crippen LogP contribution in [-0.4, -0.2) is 26.1 Å². The minimum atomic E-state index is -0.0690. The highest BCUT2D eigenvalue weighted by Gasteiger charge is 2.09. The van der Waals surface area contributed by atoms with Gasteiger partial charge in [0.2, 0.25) is 0 Å². The highest BCUT2D eigenvalue weighted by Crippen LogP contribution is 2.19. The van der Waals surface area contributed by atoms with Crippen LogP contribution < -0.4 is 15.8 Å². The SMILES string of the molecule is COc1ccc(C(=O)NCCCN)c(I)c1. The summed E-state index contributed by atoms with van der Waals surface area (Å²) in [6, 6.07) is 5.37. The van der Waals surface area contributed by atoms with Crippen molar-refractivity contribution in [2.75, 3.05) is 20.2 Å². The highest BCUT2D eigenvalue weighted by molar-refractivity contribution is 14.1. The summed E-state index contributed by atoms with van der Waals surface area (Å²) in [7, 11) is 1.60. The molecule has 0 radical (unpaired) electrons. The number of carbonyl (C=O) groups is 1. The molecule has 0 aromatic heterocycles. The van der Waals surface area contributed by atoms with Crippen molar-refractivity contribution >= 4 is 28.5 Å². The Morgan fingerprint density at radius 1 is 1.56 bits per heavy atom. The van der Waals surface area contributed by atoms with Crippen molar-refractivity contribution in [3.63, 3.8) is 0 Å². The molecule has 0 aliphatic rings. The lowest BCUT2D eigenvalue weighted by Crippen LogP contribution is -2.26. The molecule has 0 bridgehead atoms. The lowest BCUT2D eigenvalue weighted by Gasteiger charge is -2.07. The van der Waals surface area contributed by atoms with Gasteiger partial charge in [-0.05, 0) is 53.8 Å². The number of halogens is 1. The van der Waals surface area contributed by atoms with Crippen LogP contribution in [0.25, 0.3) is 0 Å². The predicted molar refractivity (Wildman–Crippen MR) is 71.7 cm³/mol. The number of carbonyl (C=O) groups excluding carboxylic acids is 1. The zero-order valence-electron chi connectivity index (χ0n) is 9.13. The molecule has 88 valence electrons. The van der Waals surface area contributed by atoms with Crippen LogP contribution in [0.5, 0.6) is 5.75 Å². The van der Waals surface area contributed by atoms with Crippen molar-refractivity contribution in [2.45, 2.75) is 6.42 Å². The maximum Gasteiger partial charge on any atom is 0.252 e. The molecule has 3 N–H and O–H groups in total. The van der Waals surface area contributed by atoms with Crippen molar-refractivity contribution in [1.29, 1.82) is 0 Å². The summed E-state index contributed by atoms with van der Waals surface area (Å²) in [5.74, 6) is 0.684. The molecular formula is C11H15IN2O2. The lowest BCUT2D eigenvalue weighted by molar-refractivity contribution is 0.0952. The second-order valence-electron chi connectivity index (χ2n) is 3.24. The molecule has 4 nitrogen and oxygen atoms in total. The van der Waals surface area contributed by atoms with Crippen LogP contribution >= 0.6 is 22.6 Å². The van der Waals surface area contributed by atoms with E-state index in [9.17, 15) is 4.79 Å². The molecule has 1 aromatic rings. The van der Waals surface area contributed by atoms with Crippen LogP contribution in [0.15, 0.2) is 18.2 Å². The number of hydrogen-bond donors (Lipinski definition) is 2. The number of benzene rings is 1. The molecule has 0 aliphatic carbocycles. The van der Waals surface area contributed by atoms with Gasteiger partial charge in [-0.2, -0.15) is 0 Å². The summed E-state index contributed by atoms with van der Waals surface area (Å²) in [6.07, 6.45) is 0.790. The molecular weight excluding hydrogens is 319 g/mol. The van der Waals surface area contributed by atoms with E-state index >= 15 is 0 Å². The van der Waals surface area contributed by atoms with Crippen LogP contribution in [0.1, 0.15) is 16.8 Å². The van der Waals surface area contributed by atoms with E-state index in [0.29, 0.717) is 18.7 Å². The average Bonchev–Trinajstić information content (AvgIpc) is 2.29. The first-order chi connectivity index (χ1) is 7.69. The largest absolute Gasteiger partial charge is 0.497 e. The Kier molecular flexibility index (Phi) is 5.54. The van der Waals surface area contributed by atoms with Crippen LogP contribution in [0.4, 0.5) is 0 Å². The Labute approximate surface area is 109 Å². The van der Waals surface area contributed by atoms with E-state index in [4.69, 9.17) is 10.5 Å². The number of methoxy groups -OCH3 is 1. The van der Waals surface area contributed by atoms with Crippen molar-refractivity contribution in [3.8, 4) is 5.75 Å². The molecule has 1 aromatic carbocycles. The van der Waals surface area contributed by atoms with Crippen molar-refractivity contribution in [2.24, 2.45) is 5.73 Å². The molecule has 1 rings (SSSR count). The van der Waals surface area contributed by atoms with E-state index in [1.807, 2.05) is 6.07 Å². The Hall–Kier alpha value is -0.820. The normalized spacial score (nSPS) is 9.94. The van der Waals surface area contributed by atoms with Gasteiger partial charge in [0.15, 0.2) is 0 Å². The number of hydrogen-bond acceptors (Lipinski definition) is 3. The summed E-state index contributed by atoms with van der Waals surface area (Å²) in [5, 5.41) is 2.81. The number of ether oxygens (including phenoxy) is 1. The third kappa shape index (κ3) is 3.64. The number of rotatable bonds is 5. The van der Waals surface area contributed by atoms with Crippen LogP contribution in [-0.2, 0) is 0 Å². The topological polar surface area (TPSA) is 64.3 Å². The van der Waals surface area contributed by atoms with Gasteiger partial charge in [0.25, 0.3) is 5.91 Å². The van der Waals surface area contributed by atoms with Gasteiger partial charge in [-0.1, -0.05) is 0 Å². The zero-order chi connectivity index (χ0) is 12.0. The smallest absolute Gasteiger partial charge is 0.252 e. The molecule has 0 atom stereocenters. The fourth-order valence-corrected chi connectivity index (χ4v) is 1.94. The standard InChI is InChI=1S/C11H15IN2O2/c1-16-8-3-4-9(10(12)7-8)11(15)14-6-2-5-13/h3-4,7H,2,5-6,13H2,1H3,(H,14,15). The Morgan fingerprint density at radius 2 is 2.31 bits per heavy atom. The third-order valence-corrected chi connectivity index (χ3v) is 2.98. The maximum atomic E-state index is 11.7. The number of nitrogens with one attached hydrogen (secondary N) is 1. The third-order valence-electron chi connectivity index (χ3n) is 2.09. The fraction of sp³-hybridized carbons (Fsp3) is 0.364.